The highest BCUT2D eigenvalue weighted by molar-refractivity contribution is 7.80. The zero-order valence-corrected chi connectivity index (χ0v) is 41.3. The van der Waals surface area contributed by atoms with E-state index in [-0.39, 0.29) is 43.1 Å². The van der Waals surface area contributed by atoms with Gasteiger partial charge in [0.15, 0.2) is 0 Å². The number of benzene rings is 2. The summed E-state index contributed by atoms with van der Waals surface area (Å²) < 4.78 is 0. The summed E-state index contributed by atoms with van der Waals surface area (Å²) in [4.78, 5) is 139. The van der Waals surface area contributed by atoms with Gasteiger partial charge in [0.2, 0.25) is 53.2 Å². The fourth-order valence-corrected chi connectivity index (χ4v) is 7.39. The quantitative estimate of drug-likeness (QED) is 0.0313. The van der Waals surface area contributed by atoms with Gasteiger partial charge in [-0.05, 0) is 54.4 Å². The molecule has 1 heterocycles. The number of carbonyl (C=O) groups is 10. The third-order valence-corrected chi connectivity index (χ3v) is 11.4. The van der Waals surface area contributed by atoms with Crippen LogP contribution in [0.25, 0.3) is 0 Å². The number of nitrogens with one attached hydrogen (secondary N) is 8. The van der Waals surface area contributed by atoms with Gasteiger partial charge in [-0.2, -0.15) is 12.6 Å². The fourth-order valence-electron chi connectivity index (χ4n) is 7.14. The summed E-state index contributed by atoms with van der Waals surface area (Å²) in [6.07, 6.45) is 0.736. The molecule has 3 rings (SSSR count). The predicted octanol–water partition coefficient (Wildman–Crippen LogP) is -2.28. The molecule has 25 heteroatoms. The Hall–Kier alpha value is -7.54. The van der Waals surface area contributed by atoms with Crippen molar-refractivity contribution in [1.82, 2.24) is 47.2 Å². The number of hydrogen-bond donors (Lipinski definition) is 14. The molecule has 0 saturated heterocycles. The normalized spacial score (nSPS) is 14.4. The van der Waals surface area contributed by atoms with Gasteiger partial charge in [0.05, 0.1) is 18.8 Å². The molecule has 1 aromatic heterocycles. The smallest absolute Gasteiger partial charge is 0.326 e. The van der Waals surface area contributed by atoms with Crippen molar-refractivity contribution in [3.8, 4) is 5.75 Å². The maximum Gasteiger partial charge on any atom is 0.326 e. The molecule has 72 heavy (non-hydrogen) atoms. The van der Waals surface area contributed by atoms with E-state index in [1.807, 2.05) is 0 Å². The topological polar surface area (TPSA) is 402 Å². The van der Waals surface area contributed by atoms with Gasteiger partial charge in [-0.3, -0.25) is 43.2 Å². The van der Waals surface area contributed by atoms with Gasteiger partial charge in [0.25, 0.3) is 0 Å². The monoisotopic (exact) mass is 1020 g/mol. The first-order chi connectivity index (χ1) is 34.0. The number of phenols is 1. The molecular weight excluding hydrogens is 957 g/mol. The predicted molar refractivity (Wildman–Crippen MR) is 264 cm³/mol. The van der Waals surface area contributed by atoms with Gasteiger partial charge in [-0.1, -0.05) is 70.2 Å². The van der Waals surface area contributed by atoms with Gasteiger partial charge >= 0.3 is 5.97 Å². The Morgan fingerprint density at radius 1 is 0.611 bits per heavy atom. The second kappa shape index (κ2) is 29.0. The SMILES string of the molecule is CC(C)C[C@H](NC(=O)[C@H](Cc1cnc[nH]1)NC(=O)[C@H](CCC(N)=O)NC(=O)[C@H](CC(N)=O)NC(=O)[C@@H](NC(=O)[C@@H](N)Cc1ccccc1)C(C)C)C(=O)N[C@@H](CS)C(=O)N[C@@H](Cc1ccc(O)cc1)C(=O)O. The Balaban J connectivity index is 1.83. The van der Waals surface area contributed by atoms with Crippen LogP contribution in [-0.2, 0) is 67.2 Å². The van der Waals surface area contributed by atoms with Crippen molar-refractivity contribution < 1.29 is 58.2 Å². The second-order valence-electron chi connectivity index (χ2n) is 17.9. The van der Waals surface area contributed by atoms with Crippen LogP contribution >= 0.6 is 12.6 Å². The number of carboxylic acid groups (broad SMARTS) is 1. The van der Waals surface area contributed by atoms with Crippen molar-refractivity contribution in [3.63, 3.8) is 0 Å². The summed E-state index contributed by atoms with van der Waals surface area (Å²) in [5.41, 5.74) is 18.6. The van der Waals surface area contributed by atoms with Crippen LogP contribution in [0.4, 0.5) is 0 Å². The molecule has 0 saturated carbocycles. The Morgan fingerprint density at radius 3 is 1.69 bits per heavy atom. The van der Waals surface area contributed by atoms with E-state index in [9.17, 15) is 58.2 Å². The summed E-state index contributed by atoms with van der Waals surface area (Å²) in [5.74, 6) is -10.8. The lowest BCUT2D eigenvalue weighted by Crippen LogP contribution is -2.61. The number of imidazole rings is 1. The van der Waals surface area contributed by atoms with Crippen molar-refractivity contribution in [2.24, 2.45) is 29.0 Å². The summed E-state index contributed by atoms with van der Waals surface area (Å²) in [5, 5.41) is 36.9. The minimum atomic E-state index is -1.72. The van der Waals surface area contributed by atoms with Crippen molar-refractivity contribution in [2.45, 2.75) is 121 Å². The van der Waals surface area contributed by atoms with Gasteiger partial charge < -0.3 is 69.6 Å². The molecule has 0 bridgehead atoms. The highest BCUT2D eigenvalue weighted by Gasteiger charge is 2.36. The van der Waals surface area contributed by atoms with Gasteiger partial charge in [-0.25, -0.2) is 9.78 Å². The average molecular weight is 1020 g/mol. The maximum atomic E-state index is 14.2. The minimum absolute atomic E-state index is 0.00785. The lowest BCUT2D eigenvalue weighted by atomic mass is 10.0. The maximum absolute atomic E-state index is 14.2. The molecule has 0 fully saturated rings. The molecular formula is C47H66N12O12S. The van der Waals surface area contributed by atoms with Crippen molar-refractivity contribution in [2.75, 3.05) is 5.75 Å². The lowest BCUT2D eigenvalue weighted by molar-refractivity contribution is -0.142. The summed E-state index contributed by atoms with van der Waals surface area (Å²) >= 11 is 4.19. The molecule has 392 valence electrons. The number of amides is 9. The Morgan fingerprint density at radius 2 is 1.14 bits per heavy atom. The van der Waals surface area contributed by atoms with E-state index < -0.39 is 133 Å². The Bertz CT molecular complexity index is 2340. The molecule has 2 aromatic carbocycles. The van der Waals surface area contributed by atoms with Crippen LogP contribution in [0, 0.1) is 11.8 Å². The number of carbonyl (C=O) groups excluding carboxylic acids is 9. The molecule has 0 aliphatic carbocycles. The molecule has 16 N–H and O–H groups in total. The number of aromatic hydroxyl groups is 1. The number of nitrogens with zero attached hydrogens (tertiary/aromatic N) is 1. The summed E-state index contributed by atoms with van der Waals surface area (Å²) in [6.45, 7) is 6.74. The number of hydrogen-bond acceptors (Lipinski definition) is 14. The third-order valence-electron chi connectivity index (χ3n) is 11.0. The zero-order chi connectivity index (χ0) is 53.7. The molecule has 8 atom stereocenters. The standard InChI is InChI=1S/C47H66N12O12S/c1-24(2)16-32(42(65)58-36(22-72)45(68)57-35(47(70)71)18-27-10-12-29(60)13-11-27)54-43(66)33(19-28-21-51-23-52-28)55-41(64)31(14-15-37(49)61)53-44(67)34(20-38(50)62)56-46(69)39(25(3)4)59-40(63)30(48)17-26-8-6-5-7-9-26/h5-13,21,23-25,30-36,39,60,72H,14-20,22,48H2,1-4H3,(H2,49,61)(H2,50,62)(H,51,52)(H,53,67)(H,54,66)(H,55,64)(H,56,69)(H,57,68)(H,58,65)(H,59,63)(H,70,71)/t30-,31-,32-,33-,34-,35-,36-,39-/m0/s1. The first kappa shape index (κ1) is 58.8. The number of rotatable bonds is 30. The van der Waals surface area contributed by atoms with Crippen molar-refractivity contribution in [3.05, 3.63) is 83.9 Å². The second-order valence-corrected chi connectivity index (χ2v) is 18.2. The van der Waals surface area contributed by atoms with Crippen LogP contribution in [-0.4, -0.2) is 133 Å². The first-order valence-electron chi connectivity index (χ1n) is 23.0. The molecule has 0 aliphatic heterocycles. The Labute approximate surface area is 421 Å². The number of H-pyrrole nitrogens is 1. The summed E-state index contributed by atoms with van der Waals surface area (Å²) in [6, 6.07) is 3.24. The van der Waals surface area contributed by atoms with E-state index >= 15 is 0 Å². The number of primary amides is 2. The van der Waals surface area contributed by atoms with Gasteiger partial charge in [-0.15, -0.1) is 0 Å². The zero-order valence-electron chi connectivity index (χ0n) is 40.4. The number of thiol groups is 1. The first-order valence-corrected chi connectivity index (χ1v) is 23.7. The minimum Gasteiger partial charge on any atom is -0.508 e. The van der Waals surface area contributed by atoms with Crippen LogP contribution in [0.15, 0.2) is 67.1 Å². The third kappa shape index (κ3) is 20.1. The van der Waals surface area contributed by atoms with Crippen molar-refractivity contribution >= 4 is 71.8 Å². The van der Waals surface area contributed by atoms with E-state index in [2.05, 4.69) is 59.8 Å². The Kier molecular flexibility index (Phi) is 23.6. The van der Waals surface area contributed by atoms with E-state index in [4.69, 9.17) is 17.2 Å². The van der Waals surface area contributed by atoms with Crippen LogP contribution in [0.3, 0.4) is 0 Å². The highest BCUT2D eigenvalue weighted by Crippen LogP contribution is 2.14. The molecule has 0 unspecified atom stereocenters. The van der Waals surface area contributed by atoms with Gasteiger partial charge in [0, 0.05) is 36.9 Å². The molecule has 3 aromatic rings. The van der Waals surface area contributed by atoms with Crippen LogP contribution in [0.5, 0.6) is 5.75 Å². The largest absolute Gasteiger partial charge is 0.508 e. The number of nitrogens with two attached hydrogens (primary N) is 3. The molecule has 0 spiro atoms. The highest BCUT2D eigenvalue weighted by atomic mass is 32.1. The molecule has 9 amide bonds. The number of phenolic OH excluding ortho intramolecular Hbond substituents is 1. The molecule has 0 radical (unpaired) electrons. The average Bonchev–Trinajstić information content (AvgIpc) is 3.83. The number of aromatic nitrogens is 2. The van der Waals surface area contributed by atoms with Crippen LogP contribution < -0.4 is 54.4 Å². The van der Waals surface area contributed by atoms with Gasteiger partial charge in [0.1, 0.15) is 48.0 Å². The fraction of sp³-hybridized carbons (Fsp3) is 0.468. The van der Waals surface area contributed by atoms with Crippen LogP contribution in [0.2, 0.25) is 0 Å². The van der Waals surface area contributed by atoms with E-state index in [0.29, 0.717) is 11.3 Å². The van der Waals surface area contributed by atoms with Crippen LogP contribution in [0.1, 0.15) is 70.2 Å². The number of carboxylic acids is 1. The molecule has 0 aliphatic rings. The van der Waals surface area contributed by atoms with E-state index in [1.165, 1.54) is 36.8 Å². The summed E-state index contributed by atoms with van der Waals surface area (Å²) in [7, 11) is 0. The van der Waals surface area contributed by atoms with E-state index in [0.717, 1.165) is 5.56 Å². The number of aliphatic carboxylic acids is 1. The number of aromatic amines is 1. The van der Waals surface area contributed by atoms with Crippen molar-refractivity contribution in [1.29, 1.82) is 0 Å². The lowest BCUT2D eigenvalue weighted by Gasteiger charge is -2.28. The molecule has 24 nitrogen and oxygen atoms in total. The van der Waals surface area contributed by atoms with E-state index in [1.54, 1.807) is 58.0 Å².